The largest absolute Gasteiger partial charge is 0.481 e. The van der Waals surface area contributed by atoms with Crippen molar-refractivity contribution in [3.8, 4) is 0 Å². The second-order valence-electron chi connectivity index (χ2n) is 7.36. The van der Waals surface area contributed by atoms with Crippen LogP contribution in [0.25, 0.3) is 10.9 Å². The van der Waals surface area contributed by atoms with Crippen LogP contribution in [0.5, 0.6) is 0 Å². The summed E-state index contributed by atoms with van der Waals surface area (Å²) in [5.74, 6) is -1.90. The predicted molar refractivity (Wildman–Crippen MR) is 98.1 cm³/mol. The van der Waals surface area contributed by atoms with Gasteiger partial charge >= 0.3 is 5.97 Å². The summed E-state index contributed by atoms with van der Waals surface area (Å²) in [5, 5.41) is 10.5. The van der Waals surface area contributed by atoms with Crippen LogP contribution in [0, 0.1) is 5.92 Å². The Hall–Kier alpha value is -2.96. The molecule has 2 fully saturated rings. The van der Waals surface area contributed by atoms with Crippen LogP contribution in [-0.4, -0.2) is 63.4 Å². The number of aromatic nitrogens is 1. The average molecular weight is 367 g/mol. The number of pyridine rings is 1. The summed E-state index contributed by atoms with van der Waals surface area (Å²) in [6.07, 6.45) is 2.56. The Morgan fingerprint density at radius 3 is 2.63 bits per heavy atom. The van der Waals surface area contributed by atoms with Crippen LogP contribution >= 0.6 is 0 Å². The van der Waals surface area contributed by atoms with Crippen molar-refractivity contribution in [3.63, 3.8) is 0 Å². The van der Waals surface area contributed by atoms with E-state index in [4.69, 9.17) is 0 Å². The van der Waals surface area contributed by atoms with Gasteiger partial charge in [-0.25, -0.2) is 0 Å². The van der Waals surface area contributed by atoms with Crippen molar-refractivity contribution in [1.82, 2.24) is 14.8 Å². The number of hydrogen-bond acceptors (Lipinski definition) is 4. The van der Waals surface area contributed by atoms with E-state index >= 15 is 0 Å². The number of fused-ring (bicyclic) bond motifs is 1. The lowest BCUT2D eigenvalue weighted by atomic mass is 9.77. The Balaban J connectivity index is 1.53. The lowest BCUT2D eigenvalue weighted by Crippen LogP contribution is -2.56. The van der Waals surface area contributed by atoms with E-state index < -0.39 is 17.4 Å². The number of nitrogens with zero attached hydrogens (tertiary/aromatic N) is 3. The fraction of sp³-hybridized carbons (Fsp3) is 0.400. The first-order valence-electron chi connectivity index (χ1n) is 9.06. The number of carbonyl (C=O) groups excluding carboxylic acids is 2. The maximum absolute atomic E-state index is 12.9. The molecule has 0 aliphatic carbocycles. The molecule has 4 rings (SSSR count). The second kappa shape index (κ2) is 6.33. The number of para-hydroxylation sites is 1. The minimum atomic E-state index is -0.939. The summed E-state index contributed by atoms with van der Waals surface area (Å²) in [6, 6.07) is 9.45. The van der Waals surface area contributed by atoms with Crippen molar-refractivity contribution < 1.29 is 19.5 Å². The third kappa shape index (κ3) is 2.74. The lowest BCUT2D eigenvalue weighted by molar-refractivity contribution is -0.145. The molecule has 2 aliphatic heterocycles. The summed E-state index contributed by atoms with van der Waals surface area (Å²) in [4.78, 5) is 44.3. The molecule has 1 aromatic heterocycles. The first kappa shape index (κ1) is 17.5. The van der Waals surface area contributed by atoms with Crippen LogP contribution in [0.2, 0.25) is 0 Å². The van der Waals surface area contributed by atoms with Gasteiger partial charge in [-0.1, -0.05) is 18.2 Å². The van der Waals surface area contributed by atoms with Gasteiger partial charge < -0.3 is 14.9 Å². The van der Waals surface area contributed by atoms with Crippen LogP contribution < -0.4 is 0 Å². The SMILES string of the molecule is CN1C(=O)C[C@H](C(=O)O)C12CCN(C(=O)c1cnc3ccccc3c1)CC2. The van der Waals surface area contributed by atoms with Gasteiger partial charge in [0, 0.05) is 38.1 Å². The van der Waals surface area contributed by atoms with Crippen LogP contribution in [-0.2, 0) is 9.59 Å². The molecule has 3 heterocycles. The fourth-order valence-electron chi connectivity index (χ4n) is 4.45. The molecule has 0 radical (unpaired) electrons. The number of carbonyl (C=O) groups is 3. The third-order valence-corrected chi connectivity index (χ3v) is 6.12. The summed E-state index contributed by atoms with van der Waals surface area (Å²) < 4.78 is 0. The van der Waals surface area contributed by atoms with Crippen molar-refractivity contribution in [2.75, 3.05) is 20.1 Å². The Bertz CT molecular complexity index is 934. The molecule has 27 heavy (non-hydrogen) atoms. The highest BCUT2D eigenvalue weighted by Gasteiger charge is 2.55. The molecular weight excluding hydrogens is 346 g/mol. The minimum absolute atomic E-state index is 0.0361. The summed E-state index contributed by atoms with van der Waals surface area (Å²) >= 11 is 0. The van der Waals surface area contributed by atoms with E-state index in [0.29, 0.717) is 31.5 Å². The minimum Gasteiger partial charge on any atom is -0.481 e. The molecule has 0 bridgehead atoms. The number of likely N-dealkylation sites (tertiary alicyclic amines) is 2. The number of piperidine rings is 1. The Morgan fingerprint density at radius 2 is 1.93 bits per heavy atom. The number of benzene rings is 1. The highest BCUT2D eigenvalue weighted by Crippen LogP contribution is 2.43. The van der Waals surface area contributed by atoms with Gasteiger partial charge in [-0.05, 0) is 25.0 Å². The van der Waals surface area contributed by atoms with Gasteiger partial charge in [0.25, 0.3) is 5.91 Å². The smallest absolute Gasteiger partial charge is 0.309 e. The molecule has 1 aromatic carbocycles. The van der Waals surface area contributed by atoms with E-state index in [1.807, 2.05) is 30.3 Å². The van der Waals surface area contributed by atoms with E-state index in [1.54, 1.807) is 23.0 Å². The Labute approximate surface area is 156 Å². The van der Waals surface area contributed by atoms with Crippen molar-refractivity contribution in [1.29, 1.82) is 0 Å². The molecule has 2 aromatic rings. The average Bonchev–Trinajstić information content (AvgIpc) is 2.93. The number of aliphatic carboxylic acids is 1. The molecule has 140 valence electrons. The highest BCUT2D eigenvalue weighted by molar-refractivity contribution is 5.97. The Morgan fingerprint density at radius 1 is 1.22 bits per heavy atom. The molecule has 7 nitrogen and oxygen atoms in total. The van der Waals surface area contributed by atoms with Gasteiger partial charge in [-0.15, -0.1) is 0 Å². The number of carboxylic acids is 1. The van der Waals surface area contributed by atoms with E-state index in [1.165, 1.54) is 0 Å². The molecule has 2 saturated heterocycles. The summed E-state index contributed by atoms with van der Waals surface area (Å²) in [6.45, 7) is 0.847. The van der Waals surface area contributed by atoms with Gasteiger partial charge in [0.1, 0.15) is 0 Å². The summed E-state index contributed by atoms with van der Waals surface area (Å²) in [5.41, 5.74) is 0.666. The maximum atomic E-state index is 12.9. The molecule has 1 N–H and O–H groups in total. The lowest BCUT2D eigenvalue weighted by Gasteiger charge is -2.45. The predicted octanol–water partition coefficient (Wildman–Crippen LogP) is 1.77. The molecule has 2 amide bonds. The van der Waals surface area contributed by atoms with Gasteiger partial charge in [-0.3, -0.25) is 19.4 Å². The number of carboxylic acid groups (broad SMARTS) is 1. The van der Waals surface area contributed by atoms with E-state index in [9.17, 15) is 19.5 Å². The van der Waals surface area contributed by atoms with Crippen molar-refractivity contribution in [2.24, 2.45) is 5.92 Å². The number of hydrogen-bond donors (Lipinski definition) is 1. The normalized spacial score (nSPS) is 21.8. The molecule has 0 unspecified atom stereocenters. The third-order valence-electron chi connectivity index (χ3n) is 6.12. The van der Waals surface area contributed by atoms with Gasteiger partial charge in [-0.2, -0.15) is 0 Å². The fourth-order valence-corrected chi connectivity index (χ4v) is 4.45. The van der Waals surface area contributed by atoms with Gasteiger partial charge in [0.05, 0.1) is 22.5 Å². The maximum Gasteiger partial charge on any atom is 0.309 e. The van der Waals surface area contributed by atoms with Crippen LogP contribution in [0.15, 0.2) is 36.5 Å². The highest BCUT2D eigenvalue weighted by atomic mass is 16.4. The van der Waals surface area contributed by atoms with Gasteiger partial charge in [0.15, 0.2) is 0 Å². The standard InChI is InChI=1S/C20H21N3O4/c1-22-17(24)11-15(19(26)27)20(22)6-8-23(9-7-20)18(25)14-10-13-4-2-3-5-16(13)21-12-14/h2-5,10,12,15H,6-9,11H2,1H3,(H,26,27)/t15-/m1/s1. The molecular formula is C20H21N3O4. The number of rotatable bonds is 2. The van der Waals surface area contributed by atoms with Gasteiger partial charge in [0.2, 0.25) is 5.91 Å². The zero-order valence-electron chi connectivity index (χ0n) is 15.1. The topological polar surface area (TPSA) is 90.8 Å². The number of amides is 2. The van der Waals surface area contributed by atoms with Crippen molar-refractivity contribution in [2.45, 2.75) is 24.8 Å². The monoisotopic (exact) mass is 367 g/mol. The second-order valence-corrected chi connectivity index (χ2v) is 7.36. The first-order valence-corrected chi connectivity index (χ1v) is 9.06. The first-order chi connectivity index (χ1) is 12.9. The molecule has 7 heteroatoms. The summed E-state index contributed by atoms with van der Waals surface area (Å²) in [7, 11) is 1.68. The zero-order chi connectivity index (χ0) is 19.2. The molecule has 1 spiro atoms. The molecule has 0 saturated carbocycles. The quantitative estimate of drug-likeness (QED) is 0.874. The van der Waals surface area contributed by atoms with Crippen molar-refractivity contribution >= 4 is 28.7 Å². The van der Waals surface area contributed by atoms with Crippen LogP contribution in [0.4, 0.5) is 0 Å². The van der Waals surface area contributed by atoms with E-state index in [-0.39, 0.29) is 18.2 Å². The molecule has 1 atom stereocenters. The zero-order valence-corrected chi connectivity index (χ0v) is 15.1. The molecule has 2 aliphatic rings. The van der Waals surface area contributed by atoms with Crippen LogP contribution in [0.1, 0.15) is 29.6 Å². The van der Waals surface area contributed by atoms with E-state index in [2.05, 4.69) is 4.98 Å². The van der Waals surface area contributed by atoms with E-state index in [0.717, 1.165) is 10.9 Å². The van der Waals surface area contributed by atoms with Crippen molar-refractivity contribution in [3.05, 3.63) is 42.1 Å². The van der Waals surface area contributed by atoms with Crippen LogP contribution in [0.3, 0.4) is 0 Å². The Kier molecular flexibility index (Phi) is 4.09.